The highest BCUT2D eigenvalue weighted by molar-refractivity contribution is 5.75. The van der Waals surface area contributed by atoms with Gasteiger partial charge in [0.1, 0.15) is 0 Å². The fourth-order valence-corrected chi connectivity index (χ4v) is 1.90. The van der Waals surface area contributed by atoms with Gasteiger partial charge in [-0.05, 0) is 6.42 Å². The molecular weight excluding hydrogens is 209 g/mol. The van der Waals surface area contributed by atoms with Gasteiger partial charge in [-0.1, -0.05) is 23.8 Å². The summed E-state index contributed by atoms with van der Waals surface area (Å²) in [7, 11) is 0. The van der Waals surface area contributed by atoms with Crippen LogP contribution in [0.25, 0.3) is 0 Å². The summed E-state index contributed by atoms with van der Waals surface area (Å²) in [4.78, 5) is 10.4. The van der Waals surface area contributed by atoms with E-state index in [0.29, 0.717) is 6.42 Å². The number of fused-ring (bicyclic) bond motifs is 1. The van der Waals surface area contributed by atoms with Crippen molar-refractivity contribution in [3.63, 3.8) is 0 Å². The van der Waals surface area contributed by atoms with Gasteiger partial charge in [-0.25, -0.2) is 4.79 Å². The predicted molar refractivity (Wildman–Crippen MR) is 45.8 cm³/mol. The van der Waals surface area contributed by atoms with E-state index in [4.69, 9.17) is 0 Å². The van der Waals surface area contributed by atoms with Crippen LogP contribution >= 0.6 is 0 Å². The van der Waals surface area contributed by atoms with E-state index in [1.54, 1.807) is 0 Å². The molecule has 0 aromatic heterocycles. The second kappa shape index (κ2) is 3.40. The molecule has 5 heteroatoms. The average molecular weight is 218 g/mol. The Hall–Kier alpha value is -1.26. The van der Waals surface area contributed by atoms with Crippen molar-refractivity contribution in [3.05, 3.63) is 23.8 Å². The maximum absolute atomic E-state index is 11.8. The van der Waals surface area contributed by atoms with Crippen LogP contribution in [0.1, 0.15) is 6.42 Å². The van der Waals surface area contributed by atoms with Crippen LogP contribution in [0.2, 0.25) is 0 Å². The van der Waals surface area contributed by atoms with E-state index in [2.05, 4.69) is 4.74 Å². The molecule has 15 heavy (non-hydrogen) atoms. The van der Waals surface area contributed by atoms with Gasteiger partial charge < -0.3 is 4.74 Å². The Morgan fingerprint density at radius 1 is 1.53 bits per heavy atom. The first-order valence-corrected chi connectivity index (χ1v) is 4.59. The molecule has 0 saturated heterocycles. The number of carbonyl (C=O) groups is 1. The fourth-order valence-electron chi connectivity index (χ4n) is 1.90. The molecule has 0 aromatic rings. The van der Waals surface area contributed by atoms with Crippen LogP contribution in [-0.2, 0) is 9.53 Å². The van der Waals surface area contributed by atoms with Crippen molar-refractivity contribution in [2.24, 2.45) is 11.8 Å². The summed E-state index contributed by atoms with van der Waals surface area (Å²) in [5.74, 6) is -1.98. The van der Waals surface area contributed by atoms with Crippen molar-refractivity contribution >= 4 is 5.97 Å². The molecule has 0 aliphatic heterocycles. The van der Waals surface area contributed by atoms with Gasteiger partial charge in [0.15, 0.2) is 0 Å². The van der Waals surface area contributed by atoms with Gasteiger partial charge in [0, 0.05) is 11.8 Å². The molecule has 0 spiro atoms. The number of carbonyl (C=O) groups excluding carboxylic acids is 1. The van der Waals surface area contributed by atoms with Gasteiger partial charge in [0.05, 0.1) is 6.61 Å². The summed E-state index contributed by atoms with van der Waals surface area (Å²) in [6.45, 7) is -0.159. The lowest BCUT2D eigenvalue weighted by Crippen LogP contribution is -2.28. The van der Waals surface area contributed by atoms with Crippen LogP contribution < -0.4 is 0 Å². The molecule has 0 aromatic carbocycles. The second-order valence-electron chi connectivity index (χ2n) is 3.74. The largest absolute Gasteiger partial charge is 0.490 e. The van der Waals surface area contributed by atoms with E-state index in [9.17, 15) is 18.0 Å². The summed E-state index contributed by atoms with van der Waals surface area (Å²) in [5.41, 5.74) is 1.12. The third-order valence-electron chi connectivity index (χ3n) is 2.64. The molecule has 2 rings (SSSR count). The Morgan fingerprint density at radius 2 is 2.27 bits per heavy atom. The Labute approximate surface area is 84.4 Å². The number of hydrogen-bond acceptors (Lipinski definition) is 2. The van der Waals surface area contributed by atoms with Crippen LogP contribution in [-0.4, -0.2) is 18.8 Å². The van der Waals surface area contributed by atoms with E-state index < -0.39 is 12.1 Å². The number of halogens is 3. The fraction of sp³-hybridized carbons (Fsp3) is 0.500. The first-order chi connectivity index (χ1) is 6.97. The lowest BCUT2D eigenvalue weighted by Gasteiger charge is -2.18. The minimum atomic E-state index is -4.88. The molecule has 0 heterocycles. The van der Waals surface area contributed by atoms with Crippen molar-refractivity contribution in [3.8, 4) is 0 Å². The number of allylic oxidation sites excluding steroid dienone is 4. The molecule has 2 atom stereocenters. The standard InChI is InChI=1S/C10H9F3O2/c11-10(12,13)9(14)15-5-8-4-6-1-2-7(8)3-6/h1-3,7-8H,4-5H2. The molecule has 2 aliphatic rings. The van der Waals surface area contributed by atoms with E-state index in [1.807, 2.05) is 18.2 Å². The van der Waals surface area contributed by atoms with Gasteiger partial charge in [-0.15, -0.1) is 0 Å². The van der Waals surface area contributed by atoms with Crippen LogP contribution in [0.5, 0.6) is 0 Å². The van der Waals surface area contributed by atoms with Crippen molar-refractivity contribution in [2.75, 3.05) is 6.61 Å². The summed E-state index contributed by atoms with van der Waals surface area (Å²) >= 11 is 0. The van der Waals surface area contributed by atoms with Crippen LogP contribution in [0, 0.1) is 11.8 Å². The Kier molecular flexibility index (Phi) is 2.32. The Bertz CT molecular complexity index is 341. The summed E-state index contributed by atoms with van der Waals surface area (Å²) in [5, 5.41) is 0. The first-order valence-electron chi connectivity index (χ1n) is 4.59. The Balaban J connectivity index is 1.81. The second-order valence-corrected chi connectivity index (χ2v) is 3.74. The molecule has 2 unspecified atom stereocenters. The van der Waals surface area contributed by atoms with Gasteiger partial charge in [-0.2, -0.15) is 13.2 Å². The summed E-state index contributed by atoms with van der Waals surface area (Å²) in [6, 6.07) is 0. The molecule has 0 saturated carbocycles. The minimum Gasteiger partial charge on any atom is -0.459 e. The molecule has 0 amide bonds. The number of rotatable bonds is 2. The van der Waals surface area contributed by atoms with Gasteiger partial charge in [0.25, 0.3) is 0 Å². The zero-order valence-electron chi connectivity index (χ0n) is 7.75. The van der Waals surface area contributed by atoms with Gasteiger partial charge in [0.2, 0.25) is 0 Å². The average Bonchev–Trinajstić information content (AvgIpc) is 2.73. The summed E-state index contributed by atoms with van der Waals surface area (Å²) in [6.07, 6.45) is 1.68. The third-order valence-corrected chi connectivity index (χ3v) is 2.64. The number of alkyl halides is 3. The van der Waals surface area contributed by atoms with Crippen molar-refractivity contribution in [1.29, 1.82) is 0 Å². The maximum Gasteiger partial charge on any atom is 0.490 e. The van der Waals surface area contributed by atoms with Gasteiger partial charge >= 0.3 is 12.1 Å². The molecule has 0 fully saturated rings. The molecule has 2 bridgehead atoms. The highest BCUT2D eigenvalue weighted by atomic mass is 19.4. The molecule has 0 radical (unpaired) electrons. The molecule has 0 N–H and O–H groups in total. The third kappa shape index (κ3) is 2.06. The monoisotopic (exact) mass is 218 g/mol. The van der Waals surface area contributed by atoms with Crippen LogP contribution in [0.4, 0.5) is 13.2 Å². The zero-order chi connectivity index (χ0) is 11.1. The lowest BCUT2D eigenvalue weighted by atomic mass is 9.93. The van der Waals surface area contributed by atoms with Crippen LogP contribution in [0.3, 0.4) is 0 Å². The lowest BCUT2D eigenvalue weighted by molar-refractivity contribution is -0.201. The Morgan fingerprint density at radius 3 is 2.73 bits per heavy atom. The number of hydrogen-bond donors (Lipinski definition) is 0. The van der Waals surface area contributed by atoms with Crippen LogP contribution in [0.15, 0.2) is 23.8 Å². The SMILES string of the molecule is O=C(OCC1CC2=CC1C=C2)C(F)(F)F. The number of ether oxygens (including phenoxy) is 1. The predicted octanol–water partition coefficient (Wildman–Crippen LogP) is 2.22. The summed E-state index contributed by atoms with van der Waals surface area (Å²) < 4.78 is 39.6. The zero-order valence-corrected chi connectivity index (χ0v) is 7.75. The highest BCUT2D eigenvalue weighted by Crippen LogP contribution is 2.38. The van der Waals surface area contributed by atoms with Crippen molar-refractivity contribution in [2.45, 2.75) is 12.6 Å². The van der Waals surface area contributed by atoms with E-state index in [1.165, 1.54) is 0 Å². The molecular formula is C10H9F3O2. The smallest absolute Gasteiger partial charge is 0.459 e. The minimum absolute atomic E-state index is 0.0173. The van der Waals surface area contributed by atoms with E-state index in [-0.39, 0.29) is 18.4 Å². The van der Waals surface area contributed by atoms with Gasteiger partial charge in [-0.3, -0.25) is 0 Å². The molecule has 82 valence electrons. The van der Waals surface area contributed by atoms with Crippen molar-refractivity contribution < 1.29 is 22.7 Å². The van der Waals surface area contributed by atoms with E-state index in [0.717, 1.165) is 5.57 Å². The molecule has 2 nitrogen and oxygen atoms in total. The quantitative estimate of drug-likeness (QED) is 0.664. The topological polar surface area (TPSA) is 26.3 Å². The first kappa shape index (κ1) is 10.3. The van der Waals surface area contributed by atoms with Crippen molar-refractivity contribution in [1.82, 2.24) is 0 Å². The normalized spacial score (nSPS) is 28.1. The maximum atomic E-state index is 11.8. The highest BCUT2D eigenvalue weighted by Gasteiger charge is 2.42. The number of esters is 1. The molecule has 2 aliphatic carbocycles. The van der Waals surface area contributed by atoms with E-state index >= 15 is 0 Å².